The van der Waals surface area contributed by atoms with Crippen LogP contribution in [-0.2, 0) is 4.79 Å². The summed E-state index contributed by atoms with van der Waals surface area (Å²) in [5.74, 6) is -0.108. The zero-order valence-electron chi connectivity index (χ0n) is 6.26. The summed E-state index contributed by atoms with van der Waals surface area (Å²) < 4.78 is 5.05. The highest BCUT2D eigenvalue weighted by Gasteiger charge is 2.00. The molecule has 1 aromatic heterocycles. The topological polar surface area (TPSA) is 59.2 Å². The molecule has 5 heteroatoms. The summed E-state index contributed by atoms with van der Waals surface area (Å²) >= 11 is 3.00. The van der Waals surface area contributed by atoms with E-state index in [1.165, 1.54) is 19.2 Å². The van der Waals surface area contributed by atoms with Gasteiger partial charge in [0, 0.05) is 19.2 Å². The van der Waals surface area contributed by atoms with Crippen molar-refractivity contribution < 1.29 is 9.53 Å². The van der Waals surface area contributed by atoms with E-state index in [1.54, 1.807) is 0 Å². The molecule has 0 fully saturated rings. The highest BCUT2D eigenvalue weighted by atomic mass is 79.9. The van der Waals surface area contributed by atoms with Gasteiger partial charge in [0.15, 0.2) is 0 Å². The third kappa shape index (κ3) is 2.20. The minimum absolute atomic E-state index is 0.258. The van der Waals surface area contributed by atoms with Gasteiger partial charge in [-0.25, -0.2) is 0 Å². The summed E-state index contributed by atoms with van der Waals surface area (Å²) in [6.07, 6.45) is 1.33. The number of rotatable bonds is 1. The minimum atomic E-state index is -0.422. The molecule has 0 aromatic carbocycles. The van der Waals surface area contributed by atoms with E-state index in [1.807, 2.05) is 0 Å². The molecule has 0 spiro atoms. The quantitative estimate of drug-likeness (QED) is 0.736. The van der Waals surface area contributed by atoms with Crippen molar-refractivity contribution in [3.05, 3.63) is 27.1 Å². The van der Waals surface area contributed by atoms with Crippen molar-refractivity contribution in [2.75, 3.05) is 0 Å². The standard InChI is InChI=1S/C7H6BrNO3/c1-4(10)12-5-2-6(8)7(11)9-3-5/h2-3H,1H3,(H,9,11). The van der Waals surface area contributed by atoms with Crippen LogP contribution in [0.4, 0.5) is 0 Å². The van der Waals surface area contributed by atoms with Gasteiger partial charge < -0.3 is 9.72 Å². The van der Waals surface area contributed by atoms with Crippen LogP contribution >= 0.6 is 15.9 Å². The maximum absolute atomic E-state index is 10.8. The molecule has 1 heterocycles. The molecular formula is C7H6BrNO3. The zero-order chi connectivity index (χ0) is 9.14. The summed E-state index contributed by atoms with van der Waals surface area (Å²) in [4.78, 5) is 23.7. The fourth-order valence-electron chi connectivity index (χ4n) is 0.663. The van der Waals surface area contributed by atoms with E-state index in [9.17, 15) is 9.59 Å². The van der Waals surface area contributed by atoms with Crippen molar-refractivity contribution in [1.29, 1.82) is 0 Å². The van der Waals surface area contributed by atoms with Crippen LogP contribution in [0, 0.1) is 0 Å². The van der Waals surface area contributed by atoms with Crippen LogP contribution in [0.1, 0.15) is 6.92 Å². The fraction of sp³-hybridized carbons (Fsp3) is 0.143. The van der Waals surface area contributed by atoms with Gasteiger partial charge in [-0.1, -0.05) is 0 Å². The monoisotopic (exact) mass is 231 g/mol. The maximum Gasteiger partial charge on any atom is 0.308 e. The van der Waals surface area contributed by atoms with E-state index in [0.29, 0.717) is 10.2 Å². The Morgan fingerprint density at radius 1 is 1.67 bits per heavy atom. The second-order valence-electron chi connectivity index (χ2n) is 2.11. The molecule has 0 aliphatic heterocycles. The number of pyridine rings is 1. The molecule has 0 unspecified atom stereocenters. The van der Waals surface area contributed by atoms with Crippen molar-refractivity contribution in [2.45, 2.75) is 6.92 Å². The van der Waals surface area contributed by atoms with Crippen LogP contribution in [-0.4, -0.2) is 11.0 Å². The van der Waals surface area contributed by atoms with Gasteiger partial charge in [0.25, 0.3) is 5.56 Å². The predicted molar refractivity (Wildman–Crippen MR) is 46.1 cm³/mol. The molecule has 1 aromatic rings. The second-order valence-corrected chi connectivity index (χ2v) is 2.96. The SMILES string of the molecule is CC(=O)Oc1c[nH]c(=O)c(Br)c1. The largest absolute Gasteiger partial charge is 0.425 e. The Balaban J connectivity index is 2.97. The molecule has 64 valence electrons. The molecule has 1 rings (SSSR count). The maximum atomic E-state index is 10.8. The van der Waals surface area contributed by atoms with Gasteiger partial charge in [-0.05, 0) is 15.9 Å². The van der Waals surface area contributed by atoms with Crippen LogP contribution in [0.5, 0.6) is 5.75 Å². The van der Waals surface area contributed by atoms with Gasteiger partial charge in [0.05, 0.1) is 4.47 Å². The van der Waals surface area contributed by atoms with Gasteiger partial charge in [-0.15, -0.1) is 0 Å². The average molecular weight is 232 g/mol. The molecule has 12 heavy (non-hydrogen) atoms. The van der Waals surface area contributed by atoms with Crippen LogP contribution in [0.2, 0.25) is 0 Å². The number of esters is 1. The Kier molecular flexibility index (Phi) is 2.65. The Morgan fingerprint density at radius 3 is 2.83 bits per heavy atom. The van der Waals surface area contributed by atoms with E-state index in [-0.39, 0.29) is 5.56 Å². The minimum Gasteiger partial charge on any atom is -0.425 e. The highest BCUT2D eigenvalue weighted by Crippen LogP contribution is 2.12. The molecule has 0 saturated carbocycles. The Labute approximate surface area is 76.7 Å². The molecule has 4 nitrogen and oxygen atoms in total. The summed E-state index contributed by atoms with van der Waals surface area (Å²) in [5.41, 5.74) is -0.258. The molecule has 0 radical (unpaired) electrons. The van der Waals surface area contributed by atoms with Crippen molar-refractivity contribution in [3.8, 4) is 5.75 Å². The lowest BCUT2D eigenvalue weighted by Gasteiger charge is -1.99. The zero-order valence-corrected chi connectivity index (χ0v) is 7.84. The number of hydrogen-bond donors (Lipinski definition) is 1. The van der Waals surface area contributed by atoms with Crippen molar-refractivity contribution in [2.24, 2.45) is 0 Å². The fourth-order valence-corrected chi connectivity index (χ4v) is 1.00. The number of carbonyl (C=O) groups excluding carboxylic acids is 1. The van der Waals surface area contributed by atoms with E-state index < -0.39 is 5.97 Å². The lowest BCUT2D eigenvalue weighted by molar-refractivity contribution is -0.131. The summed E-state index contributed by atoms with van der Waals surface area (Å²) in [6, 6.07) is 1.43. The Hall–Kier alpha value is -1.10. The predicted octanol–water partition coefficient (Wildman–Crippen LogP) is 1.06. The highest BCUT2D eigenvalue weighted by molar-refractivity contribution is 9.10. The van der Waals surface area contributed by atoms with Gasteiger partial charge in [-0.3, -0.25) is 9.59 Å². The first kappa shape index (κ1) is 8.99. The molecule has 0 aliphatic rings. The smallest absolute Gasteiger partial charge is 0.308 e. The molecule has 0 saturated heterocycles. The molecule has 0 amide bonds. The van der Waals surface area contributed by atoms with E-state index in [2.05, 4.69) is 20.9 Å². The van der Waals surface area contributed by atoms with Crippen LogP contribution in [0.15, 0.2) is 21.5 Å². The third-order valence-corrected chi connectivity index (χ3v) is 1.68. The first-order valence-corrected chi connectivity index (χ1v) is 3.95. The second kappa shape index (κ2) is 3.53. The van der Waals surface area contributed by atoms with Gasteiger partial charge in [0.1, 0.15) is 5.75 Å². The summed E-state index contributed by atoms with van der Waals surface area (Å²) in [7, 11) is 0. The third-order valence-electron chi connectivity index (χ3n) is 1.09. The first-order chi connectivity index (χ1) is 5.59. The lowest BCUT2D eigenvalue weighted by atomic mass is 10.4. The number of ether oxygens (including phenoxy) is 1. The van der Waals surface area contributed by atoms with E-state index >= 15 is 0 Å². The average Bonchev–Trinajstić information content (AvgIpc) is 1.96. The lowest BCUT2D eigenvalue weighted by Crippen LogP contribution is -2.08. The normalized spacial score (nSPS) is 9.50. The Morgan fingerprint density at radius 2 is 2.33 bits per heavy atom. The number of aromatic amines is 1. The molecular weight excluding hydrogens is 226 g/mol. The van der Waals surface area contributed by atoms with Gasteiger partial charge in [0.2, 0.25) is 0 Å². The van der Waals surface area contributed by atoms with Crippen LogP contribution in [0.3, 0.4) is 0 Å². The molecule has 0 bridgehead atoms. The number of H-pyrrole nitrogens is 1. The van der Waals surface area contributed by atoms with Crippen molar-refractivity contribution in [3.63, 3.8) is 0 Å². The molecule has 0 atom stereocenters. The molecule has 0 aliphatic carbocycles. The Bertz CT molecular complexity index is 358. The number of nitrogens with one attached hydrogen (secondary N) is 1. The van der Waals surface area contributed by atoms with Gasteiger partial charge >= 0.3 is 5.97 Å². The molecule has 1 N–H and O–H groups in total. The van der Waals surface area contributed by atoms with Gasteiger partial charge in [-0.2, -0.15) is 0 Å². The van der Waals surface area contributed by atoms with Crippen molar-refractivity contribution >= 4 is 21.9 Å². The number of aromatic nitrogens is 1. The van der Waals surface area contributed by atoms with E-state index in [0.717, 1.165) is 0 Å². The van der Waals surface area contributed by atoms with Crippen LogP contribution in [0.25, 0.3) is 0 Å². The number of halogens is 1. The summed E-state index contributed by atoms with van der Waals surface area (Å²) in [6.45, 7) is 1.29. The summed E-state index contributed by atoms with van der Waals surface area (Å²) in [5, 5.41) is 0. The van der Waals surface area contributed by atoms with Crippen molar-refractivity contribution in [1.82, 2.24) is 4.98 Å². The van der Waals surface area contributed by atoms with E-state index in [4.69, 9.17) is 4.74 Å². The number of hydrogen-bond acceptors (Lipinski definition) is 3. The number of carbonyl (C=O) groups is 1. The van der Waals surface area contributed by atoms with Crippen LogP contribution < -0.4 is 10.3 Å². The first-order valence-electron chi connectivity index (χ1n) is 3.16.